The Kier molecular flexibility index (Phi) is 12.9. The molecule has 0 bridgehead atoms. The van der Waals surface area contributed by atoms with Crippen molar-refractivity contribution in [3.05, 3.63) is 11.6 Å². The van der Waals surface area contributed by atoms with E-state index in [-0.39, 0.29) is 24.0 Å². The van der Waals surface area contributed by atoms with Gasteiger partial charge in [0.05, 0.1) is 0 Å². The Morgan fingerprint density at radius 1 is 1.25 bits per heavy atom. The normalized spacial score (nSPS) is 11.5. The summed E-state index contributed by atoms with van der Waals surface area (Å²) in [7, 11) is 1.96. The first-order chi connectivity index (χ1) is 11.0. The average molecular weight is 452 g/mol. The van der Waals surface area contributed by atoms with Gasteiger partial charge in [-0.3, -0.25) is 0 Å². The van der Waals surface area contributed by atoms with Gasteiger partial charge in [-0.2, -0.15) is 0 Å². The van der Waals surface area contributed by atoms with Crippen molar-refractivity contribution in [2.75, 3.05) is 26.3 Å². The number of aryl methyl sites for hydroxylation is 1. The van der Waals surface area contributed by atoms with Gasteiger partial charge in [0.25, 0.3) is 0 Å². The van der Waals surface area contributed by atoms with E-state index in [1.165, 1.54) is 0 Å². The zero-order valence-corrected chi connectivity index (χ0v) is 18.0. The fraction of sp³-hybridized carbons (Fsp3) is 0.812. The van der Waals surface area contributed by atoms with Gasteiger partial charge in [0.2, 0.25) is 0 Å². The van der Waals surface area contributed by atoms with Crippen molar-refractivity contribution in [3.63, 3.8) is 0 Å². The summed E-state index contributed by atoms with van der Waals surface area (Å²) in [6.07, 6.45) is 2.07. The lowest BCUT2D eigenvalue weighted by molar-refractivity contribution is 0.145. The molecule has 24 heavy (non-hydrogen) atoms. The van der Waals surface area contributed by atoms with Crippen LogP contribution in [0.2, 0.25) is 0 Å². The van der Waals surface area contributed by atoms with Crippen LogP contribution in [0, 0.1) is 12.8 Å². The summed E-state index contributed by atoms with van der Waals surface area (Å²) in [4.78, 5) is 4.61. The molecule has 0 fully saturated rings. The van der Waals surface area contributed by atoms with Crippen molar-refractivity contribution in [1.82, 2.24) is 25.4 Å². The SMILES string of the molecule is CCOCCCNC(=NCc1nnc(C)n1C)NCCC(C)C.I. The molecule has 0 aliphatic carbocycles. The molecular formula is C16H33IN6O. The zero-order chi connectivity index (χ0) is 17.1. The van der Waals surface area contributed by atoms with Crippen LogP contribution in [0.4, 0.5) is 0 Å². The number of hydrogen-bond donors (Lipinski definition) is 2. The topological polar surface area (TPSA) is 76.4 Å². The Bertz CT molecular complexity index is 475. The predicted octanol–water partition coefficient (Wildman–Crippen LogP) is 2.25. The molecule has 8 heteroatoms. The third-order valence-electron chi connectivity index (χ3n) is 3.54. The Hall–Kier alpha value is -0.900. The number of aliphatic imine (C=N–C) groups is 1. The van der Waals surface area contributed by atoms with E-state index in [4.69, 9.17) is 4.74 Å². The number of nitrogens with zero attached hydrogens (tertiary/aromatic N) is 4. The first-order valence-corrected chi connectivity index (χ1v) is 8.49. The van der Waals surface area contributed by atoms with Crippen molar-refractivity contribution in [3.8, 4) is 0 Å². The molecule has 0 amide bonds. The number of guanidine groups is 1. The van der Waals surface area contributed by atoms with E-state index in [1.54, 1.807) is 0 Å². The highest BCUT2D eigenvalue weighted by molar-refractivity contribution is 14.0. The lowest BCUT2D eigenvalue weighted by Crippen LogP contribution is -2.39. The van der Waals surface area contributed by atoms with Crippen LogP contribution in [-0.4, -0.2) is 47.0 Å². The first-order valence-electron chi connectivity index (χ1n) is 8.49. The van der Waals surface area contributed by atoms with Gasteiger partial charge < -0.3 is 19.9 Å². The minimum atomic E-state index is 0. The van der Waals surface area contributed by atoms with Gasteiger partial charge in [0.15, 0.2) is 11.8 Å². The number of halogens is 1. The predicted molar refractivity (Wildman–Crippen MR) is 109 cm³/mol. The lowest BCUT2D eigenvalue weighted by Gasteiger charge is -2.13. The molecule has 1 rings (SSSR count). The summed E-state index contributed by atoms with van der Waals surface area (Å²) in [5.74, 6) is 3.25. The van der Waals surface area contributed by atoms with Gasteiger partial charge >= 0.3 is 0 Å². The van der Waals surface area contributed by atoms with E-state index in [0.717, 1.165) is 56.8 Å². The molecule has 0 radical (unpaired) electrons. The van der Waals surface area contributed by atoms with Crippen LogP contribution in [0.3, 0.4) is 0 Å². The molecule has 0 saturated heterocycles. The number of aromatic nitrogens is 3. The third kappa shape index (κ3) is 9.41. The molecule has 1 aromatic rings. The van der Waals surface area contributed by atoms with Crippen LogP contribution in [-0.2, 0) is 18.3 Å². The fourth-order valence-electron chi connectivity index (χ4n) is 1.92. The highest BCUT2D eigenvalue weighted by atomic mass is 127. The zero-order valence-electron chi connectivity index (χ0n) is 15.6. The number of rotatable bonds is 10. The molecule has 0 aromatic carbocycles. The smallest absolute Gasteiger partial charge is 0.191 e. The molecule has 0 saturated carbocycles. The molecule has 0 unspecified atom stereocenters. The van der Waals surface area contributed by atoms with Gasteiger partial charge in [-0.15, -0.1) is 34.2 Å². The minimum absolute atomic E-state index is 0. The molecule has 1 heterocycles. The number of ether oxygens (including phenoxy) is 1. The average Bonchev–Trinajstić information content (AvgIpc) is 2.83. The maximum Gasteiger partial charge on any atom is 0.191 e. The quantitative estimate of drug-likeness (QED) is 0.247. The van der Waals surface area contributed by atoms with Crippen LogP contribution in [0.1, 0.15) is 45.3 Å². The summed E-state index contributed by atoms with van der Waals surface area (Å²) in [5, 5.41) is 14.9. The Morgan fingerprint density at radius 3 is 2.54 bits per heavy atom. The molecule has 140 valence electrons. The molecule has 7 nitrogen and oxygen atoms in total. The standard InChI is InChI=1S/C16H32N6O.HI/c1-6-23-11-7-9-17-16(18-10-8-13(2)3)19-12-15-21-20-14(4)22(15)5;/h13H,6-12H2,1-5H3,(H2,17,18,19);1H. The van der Waals surface area contributed by atoms with Crippen LogP contribution >= 0.6 is 24.0 Å². The number of hydrogen-bond acceptors (Lipinski definition) is 4. The largest absolute Gasteiger partial charge is 0.382 e. The van der Waals surface area contributed by atoms with Gasteiger partial charge in [-0.1, -0.05) is 13.8 Å². The monoisotopic (exact) mass is 452 g/mol. The summed E-state index contributed by atoms with van der Waals surface area (Å²) in [5.41, 5.74) is 0. The van der Waals surface area contributed by atoms with E-state index in [0.29, 0.717) is 12.5 Å². The van der Waals surface area contributed by atoms with Gasteiger partial charge in [-0.25, -0.2) is 4.99 Å². The number of nitrogens with one attached hydrogen (secondary N) is 2. The first kappa shape index (κ1) is 23.1. The van der Waals surface area contributed by atoms with E-state index < -0.39 is 0 Å². The lowest BCUT2D eigenvalue weighted by atomic mass is 10.1. The second kappa shape index (κ2) is 13.4. The van der Waals surface area contributed by atoms with Gasteiger partial charge in [-0.05, 0) is 32.6 Å². The maximum absolute atomic E-state index is 5.35. The van der Waals surface area contributed by atoms with E-state index in [1.807, 2.05) is 25.5 Å². The van der Waals surface area contributed by atoms with Crippen molar-refractivity contribution in [2.45, 2.75) is 47.1 Å². The summed E-state index contributed by atoms with van der Waals surface area (Å²) >= 11 is 0. The highest BCUT2D eigenvalue weighted by Gasteiger charge is 2.05. The Balaban J connectivity index is 0.00000529. The van der Waals surface area contributed by atoms with Crippen molar-refractivity contribution in [1.29, 1.82) is 0 Å². The molecule has 0 aliphatic heterocycles. The fourth-order valence-corrected chi connectivity index (χ4v) is 1.92. The van der Waals surface area contributed by atoms with Crippen LogP contribution < -0.4 is 10.6 Å². The third-order valence-corrected chi connectivity index (χ3v) is 3.54. The maximum atomic E-state index is 5.35. The van der Waals surface area contributed by atoms with Crippen molar-refractivity contribution in [2.24, 2.45) is 18.0 Å². The second-order valence-corrected chi connectivity index (χ2v) is 5.97. The van der Waals surface area contributed by atoms with Crippen LogP contribution in [0.5, 0.6) is 0 Å². The van der Waals surface area contributed by atoms with Crippen molar-refractivity contribution >= 4 is 29.9 Å². The second-order valence-electron chi connectivity index (χ2n) is 5.97. The minimum Gasteiger partial charge on any atom is -0.382 e. The van der Waals surface area contributed by atoms with Gasteiger partial charge in [0.1, 0.15) is 12.4 Å². The van der Waals surface area contributed by atoms with Crippen LogP contribution in [0.15, 0.2) is 4.99 Å². The molecule has 1 aromatic heterocycles. The van der Waals surface area contributed by atoms with E-state index in [9.17, 15) is 0 Å². The van der Waals surface area contributed by atoms with E-state index in [2.05, 4.69) is 39.7 Å². The molecule has 2 N–H and O–H groups in total. The summed E-state index contributed by atoms with van der Waals surface area (Å²) in [6, 6.07) is 0. The highest BCUT2D eigenvalue weighted by Crippen LogP contribution is 2.00. The molecule has 0 atom stereocenters. The Labute approximate surface area is 163 Å². The van der Waals surface area contributed by atoms with Crippen molar-refractivity contribution < 1.29 is 4.74 Å². The summed E-state index contributed by atoms with van der Waals surface area (Å²) in [6.45, 7) is 12.2. The molecule has 0 aliphatic rings. The Morgan fingerprint density at radius 2 is 1.96 bits per heavy atom. The van der Waals surface area contributed by atoms with Gasteiger partial charge in [0, 0.05) is 33.4 Å². The summed E-state index contributed by atoms with van der Waals surface area (Å²) < 4.78 is 7.32. The van der Waals surface area contributed by atoms with E-state index >= 15 is 0 Å². The molecule has 0 spiro atoms. The molecular weight excluding hydrogens is 419 g/mol. The van der Waals surface area contributed by atoms with Crippen LogP contribution in [0.25, 0.3) is 0 Å².